The molecule has 18 heavy (non-hydrogen) atoms. The summed E-state index contributed by atoms with van der Waals surface area (Å²) >= 11 is 1.52. The van der Waals surface area contributed by atoms with Gasteiger partial charge in [0, 0.05) is 17.5 Å². The Morgan fingerprint density at radius 3 is 2.39 bits per heavy atom. The quantitative estimate of drug-likeness (QED) is 0.906. The number of hydrogen-bond donors (Lipinski definition) is 1. The number of nitrogens with zero attached hydrogens (tertiary/aromatic N) is 1. The Morgan fingerprint density at radius 1 is 1.22 bits per heavy atom. The van der Waals surface area contributed by atoms with Crippen LogP contribution in [-0.4, -0.2) is 10.1 Å². The lowest BCUT2D eigenvalue weighted by atomic mass is 10.00. The Kier molecular flexibility index (Phi) is 4.15. The molecule has 1 unspecified atom stereocenters. The van der Waals surface area contributed by atoms with Crippen LogP contribution in [0.3, 0.4) is 0 Å². The van der Waals surface area contributed by atoms with Crippen LogP contribution in [0.2, 0.25) is 0 Å². The number of aliphatic hydroxyl groups excluding tert-OH is 1. The third-order valence-electron chi connectivity index (χ3n) is 3.00. The zero-order valence-corrected chi connectivity index (χ0v) is 11.9. The van der Waals surface area contributed by atoms with Crippen molar-refractivity contribution in [3.8, 4) is 0 Å². The molecule has 2 rings (SSSR count). The summed E-state index contributed by atoms with van der Waals surface area (Å²) in [6.45, 7) is 6.31. The van der Waals surface area contributed by atoms with E-state index >= 15 is 0 Å². The fourth-order valence-corrected chi connectivity index (χ4v) is 2.66. The van der Waals surface area contributed by atoms with Crippen molar-refractivity contribution in [1.29, 1.82) is 0 Å². The number of rotatable bonds is 4. The lowest BCUT2D eigenvalue weighted by Crippen LogP contribution is -2.01. The van der Waals surface area contributed by atoms with Crippen LogP contribution in [0.25, 0.3) is 0 Å². The number of thiazole rings is 1. The van der Waals surface area contributed by atoms with Crippen molar-refractivity contribution in [1.82, 2.24) is 4.98 Å². The third kappa shape index (κ3) is 3.18. The highest BCUT2D eigenvalue weighted by Crippen LogP contribution is 2.23. The van der Waals surface area contributed by atoms with Crippen LogP contribution >= 0.6 is 11.3 Å². The molecule has 2 aromatic rings. The standard InChI is InChI=1S/C15H19NOS/c1-10(2)13-6-4-12(5-7-13)8-14(17)15-16-11(3)9-18-15/h4-7,9-10,14,17H,8H2,1-3H3. The van der Waals surface area contributed by atoms with Crippen molar-refractivity contribution < 1.29 is 5.11 Å². The van der Waals surface area contributed by atoms with Gasteiger partial charge >= 0.3 is 0 Å². The Hall–Kier alpha value is -1.19. The van der Waals surface area contributed by atoms with Gasteiger partial charge in [0.05, 0.1) is 0 Å². The summed E-state index contributed by atoms with van der Waals surface area (Å²) in [7, 11) is 0. The minimum absolute atomic E-state index is 0.492. The van der Waals surface area contributed by atoms with Gasteiger partial charge in [-0.05, 0) is 24.0 Å². The summed E-state index contributed by atoms with van der Waals surface area (Å²) < 4.78 is 0. The SMILES string of the molecule is Cc1csc(C(O)Cc2ccc(C(C)C)cc2)n1. The first-order valence-corrected chi connectivity index (χ1v) is 7.13. The fraction of sp³-hybridized carbons (Fsp3) is 0.400. The van der Waals surface area contributed by atoms with Gasteiger partial charge in [0.2, 0.25) is 0 Å². The maximum atomic E-state index is 10.1. The molecule has 0 saturated carbocycles. The molecule has 1 aromatic heterocycles. The second kappa shape index (κ2) is 5.63. The molecule has 0 spiro atoms. The fourth-order valence-electron chi connectivity index (χ4n) is 1.87. The lowest BCUT2D eigenvalue weighted by molar-refractivity contribution is 0.178. The van der Waals surface area contributed by atoms with Gasteiger partial charge in [0.15, 0.2) is 0 Å². The first-order chi connectivity index (χ1) is 8.56. The highest BCUT2D eigenvalue weighted by molar-refractivity contribution is 7.09. The van der Waals surface area contributed by atoms with Crippen LogP contribution in [0.1, 0.15) is 47.7 Å². The molecular weight excluding hydrogens is 242 g/mol. The minimum atomic E-state index is -0.492. The van der Waals surface area contributed by atoms with Crippen LogP contribution in [0.4, 0.5) is 0 Å². The van der Waals surface area contributed by atoms with Crippen molar-refractivity contribution in [2.24, 2.45) is 0 Å². The van der Waals surface area contributed by atoms with Crippen molar-refractivity contribution in [2.45, 2.75) is 39.2 Å². The highest BCUT2D eigenvalue weighted by Gasteiger charge is 2.12. The average Bonchev–Trinajstić information content (AvgIpc) is 2.76. The number of aryl methyl sites for hydroxylation is 1. The molecule has 1 atom stereocenters. The van der Waals surface area contributed by atoms with Gasteiger partial charge in [0.1, 0.15) is 11.1 Å². The van der Waals surface area contributed by atoms with Gasteiger partial charge in [0.25, 0.3) is 0 Å². The highest BCUT2D eigenvalue weighted by atomic mass is 32.1. The molecule has 0 aliphatic rings. The number of hydrogen-bond acceptors (Lipinski definition) is 3. The molecule has 0 fully saturated rings. The minimum Gasteiger partial charge on any atom is -0.386 e. The van der Waals surface area contributed by atoms with E-state index in [0.29, 0.717) is 12.3 Å². The van der Waals surface area contributed by atoms with Crippen molar-refractivity contribution in [3.63, 3.8) is 0 Å². The maximum Gasteiger partial charge on any atom is 0.122 e. The molecule has 0 saturated heterocycles. The van der Waals surface area contributed by atoms with Crippen LogP contribution < -0.4 is 0 Å². The molecule has 0 aliphatic heterocycles. The second-order valence-electron chi connectivity index (χ2n) is 4.94. The molecule has 1 aromatic carbocycles. The van der Waals surface area contributed by atoms with Gasteiger partial charge in [-0.25, -0.2) is 4.98 Å². The number of benzene rings is 1. The van der Waals surface area contributed by atoms with Gasteiger partial charge in [-0.15, -0.1) is 11.3 Å². The number of aromatic nitrogens is 1. The molecule has 2 nitrogen and oxygen atoms in total. The van der Waals surface area contributed by atoms with Crippen LogP contribution in [0.5, 0.6) is 0 Å². The average molecular weight is 261 g/mol. The predicted octanol–water partition coefficient (Wildman–Crippen LogP) is 3.85. The first kappa shape index (κ1) is 13.2. The van der Waals surface area contributed by atoms with Crippen molar-refractivity contribution >= 4 is 11.3 Å². The first-order valence-electron chi connectivity index (χ1n) is 6.25. The van der Waals surface area contributed by atoms with Gasteiger partial charge < -0.3 is 5.11 Å². The smallest absolute Gasteiger partial charge is 0.122 e. The molecular formula is C15H19NOS. The van der Waals surface area contributed by atoms with E-state index in [9.17, 15) is 5.11 Å². The van der Waals surface area contributed by atoms with E-state index in [0.717, 1.165) is 16.3 Å². The normalized spacial score (nSPS) is 12.9. The Morgan fingerprint density at radius 2 is 1.89 bits per heavy atom. The summed E-state index contributed by atoms with van der Waals surface area (Å²) in [6, 6.07) is 8.47. The van der Waals surface area contributed by atoms with Gasteiger partial charge in [-0.3, -0.25) is 0 Å². The summed E-state index contributed by atoms with van der Waals surface area (Å²) in [5, 5.41) is 12.9. The third-order valence-corrected chi connectivity index (χ3v) is 4.06. The zero-order chi connectivity index (χ0) is 13.1. The van der Waals surface area contributed by atoms with E-state index in [1.165, 1.54) is 16.9 Å². The molecule has 0 radical (unpaired) electrons. The second-order valence-corrected chi connectivity index (χ2v) is 5.83. The summed E-state index contributed by atoms with van der Waals surface area (Å²) in [5.74, 6) is 0.547. The van der Waals surface area contributed by atoms with E-state index in [1.54, 1.807) is 0 Å². The van der Waals surface area contributed by atoms with E-state index in [4.69, 9.17) is 0 Å². The van der Waals surface area contributed by atoms with Gasteiger partial charge in [-0.2, -0.15) is 0 Å². The predicted molar refractivity (Wildman–Crippen MR) is 76.0 cm³/mol. The number of aliphatic hydroxyl groups is 1. The molecule has 1 heterocycles. The van der Waals surface area contributed by atoms with Crippen LogP contribution in [0, 0.1) is 6.92 Å². The van der Waals surface area contributed by atoms with Crippen LogP contribution in [-0.2, 0) is 6.42 Å². The Balaban J connectivity index is 2.05. The largest absolute Gasteiger partial charge is 0.386 e. The molecule has 3 heteroatoms. The molecule has 1 N–H and O–H groups in total. The molecule has 0 bridgehead atoms. The monoisotopic (exact) mass is 261 g/mol. The maximum absolute atomic E-state index is 10.1. The van der Waals surface area contributed by atoms with E-state index in [-0.39, 0.29) is 0 Å². The van der Waals surface area contributed by atoms with Crippen molar-refractivity contribution in [3.05, 3.63) is 51.5 Å². The van der Waals surface area contributed by atoms with Gasteiger partial charge in [-0.1, -0.05) is 38.1 Å². The Labute approximate surface area is 112 Å². The zero-order valence-electron chi connectivity index (χ0n) is 11.1. The molecule has 96 valence electrons. The Bertz CT molecular complexity index is 501. The topological polar surface area (TPSA) is 33.1 Å². The van der Waals surface area contributed by atoms with E-state index in [2.05, 4.69) is 43.1 Å². The summed E-state index contributed by atoms with van der Waals surface area (Å²) in [6.07, 6.45) is 0.138. The molecule has 0 aliphatic carbocycles. The summed E-state index contributed by atoms with van der Waals surface area (Å²) in [4.78, 5) is 4.32. The molecule has 0 amide bonds. The van der Waals surface area contributed by atoms with E-state index < -0.39 is 6.10 Å². The van der Waals surface area contributed by atoms with Crippen molar-refractivity contribution in [2.75, 3.05) is 0 Å². The lowest BCUT2D eigenvalue weighted by Gasteiger charge is -2.09. The van der Waals surface area contributed by atoms with E-state index in [1.807, 2.05) is 12.3 Å². The van der Waals surface area contributed by atoms with Crippen LogP contribution in [0.15, 0.2) is 29.6 Å². The summed E-state index contributed by atoms with van der Waals surface area (Å²) in [5.41, 5.74) is 3.46.